The van der Waals surface area contributed by atoms with Gasteiger partial charge in [-0.2, -0.15) is 0 Å². The number of nitrogens with zero attached hydrogens (tertiary/aromatic N) is 6. The molecule has 2 aromatic heterocycles. The second-order valence-electron chi connectivity index (χ2n) is 7.24. The molecule has 1 unspecified atom stereocenters. The molecule has 4 heterocycles. The van der Waals surface area contributed by atoms with Gasteiger partial charge in [-0.25, -0.2) is 9.67 Å². The Balaban J connectivity index is 1.26. The predicted molar refractivity (Wildman–Crippen MR) is 106 cm³/mol. The summed E-state index contributed by atoms with van der Waals surface area (Å²) in [6, 6.07) is 15.9. The van der Waals surface area contributed by atoms with Gasteiger partial charge < -0.3 is 14.5 Å². The van der Waals surface area contributed by atoms with Gasteiger partial charge in [-0.05, 0) is 17.7 Å². The highest BCUT2D eigenvalue weighted by Crippen LogP contribution is 2.27. The van der Waals surface area contributed by atoms with Crippen molar-refractivity contribution in [1.82, 2.24) is 24.9 Å². The van der Waals surface area contributed by atoms with Gasteiger partial charge in [0.15, 0.2) is 5.69 Å². The highest BCUT2D eigenvalue weighted by atomic mass is 16.5. The van der Waals surface area contributed by atoms with E-state index < -0.39 is 0 Å². The highest BCUT2D eigenvalue weighted by molar-refractivity contribution is 5.93. The summed E-state index contributed by atoms with van der Waals surface area (Å²) >= 11 is 0. The molecule has 1 aromatic carbocycles. The van der Waals surface area contributed by atoms with Crippen molar-refractivity contribution in [2.45, 2.75) is 19.3 Å². The van der Waals surface area contributed by atoms with E-state index in [2.05, 4.69) is 20.2 Å². The molecule has 1 fully saturated rings. The summed E-state index contributed by atoms with van der Waals surface area (Å²) in [5.74, 6) is 0.870. The Kier molecular flexibility index (Phi) is 4.69. The predicted octanol–water partition coefficient (Wildman–Crippen LogP) is 1.91. The molecule has 1 saturated heterocycles. The van der Waals surface area contributed by atoms with E-state index in [1.807, 2.05) is 53.4 Å². The molecular formula is C21H22N6O2. The number of benzene rings is 1. The van der Waals surface area contributed by atoms with Crippen LogP contribution in [0.3, 0.4) is 0 Å². The van der Waals surface area contributed by atoms with Gasteiger partial charge in [0.1, 0.15) is 11.9 Å². The van der Waals surface area contributed by atoms with Crippen LogP contribution in [0.1, 0.15) is 27.8 Å². The van der Waals surface area contributed by atoms with E-state index in [4.69, 9.17) is 4.74 Å². The maximum atomic E-state index is 13.0. The molecule has 2 aliphatic rings. The number of aromatic nitrogens is 4. The minimum atomic E-state index is -0.0753. The second-order valence-corrected chi connectivity index (χ2v) is 7.24. The summed E-state index contributed by atoms with van der Waals surface area (Å²) in [5.41, 5.74) is 2.27. The highest BCUT2D eigenvalue weighted by Gasteiger charge is 2.31. The van der Waals surface area contributed by atoms with Crippen molar-refractivity contribution in [2.75, 3.05) is 31.1 Å². The van der Waals surface area contributed by atoms with Gasteiger partial charge in [0.2, 0.25) is 0 Å². The number of fused-ring (bicyclic) bond motifs is 1. The molecular weight excluding hydrogens is 368 g/mol. The summed E-state index contributed by atoms with van der Waals surface area (Å²) < 4.78 is 7.82. The average molecular weight is 390 g/mol. The number of amides is 1. The van der Waals surface area contributed by atoms with E-state index >= 15 is 0 Å². The molecule has 0 radical (unpaired) electrons. The molecule has 8 nitrogen and oxygen atoms in total. The van der Waals surface area contributed by atoms with E-state index in [0.717, 1.165) is 30.2 Å². The van der Waals surface area contributed by atoms with Crippen LogP contribution in [0.5, 0.6) is 0 Å². The summed E-state index contributed by atoms with van der Waals surface area (Å²) in [6.45, 7) is 3.66. The van der Waals surface area contributed by atoms with Crippen LogP contribution < -0.4 is 4.90 Å². The molecule has 1 amide bonds. The molecule has 29 heavy (non-hydrogen) atoms. The zero-order valence-electron chi connectivity index (χ0n) is 16.0. The van der Waals surface area contributed by atoms with Gasteiger partial charge in [-0.1, -0.05) is 41.6 Å². The fourth-order valence-corrected chi connectivity index (χ4v) is 3.88. The molecule has 3 aromatic rings. The third-order valence-corrected chi connectivity index (χ3v) is 5.51. The maximum Gasteiger partial charge on any atom is 0.276 e. The second kappa shape index (κ2) is 7.63. The fourth-order valence-electron chi connectivity index (χ4n) is 3.88. The van der Waals surface area contributed by atoms with E-state index in [1.165, 1.54) is 0 Å². The molecule has 0 saturated carbocycles. The number of piperazine rings is 1. The van der Waals surface area contributed by atoms with Crippen LogP contribution in [-0.4, -0.2) is 57.0 Å². The third-order valence-electron chi connectivity index (χ3n) is 5.51. The van der Waals surface area contributed by atoms with Gasteiger partial charge in [-0.3, -0.25) is 4.79 Å². The van der Waals surface area contributed by atoms with Gasteiger partial charge in [-0.15, -0.1) is 5.10 Å². The molecule has 0 bridgehead atoms. The van der Waals surface area contributed by atoms with Crippen LogP contribution in [0.4, 0.5) is 5.82 Å². The van der Waals surface area contributed by atoms with E-state index in [0.29, 0.717) is 31.9 Å². The van der Waals surface area contributed by atoms with Crippen molar-refractivity contribution in [2.24, 2.45) is 0 Å². The molecule has 0 N–H and O–H groups in total. The first-order chi connectivity index (χ1) is 14.3. The summed E-state index contributed by atoms with van der Waals surface area (Å²) in [4.78, 5) is 21.5. The van der Waals surface area contributed by atoms with Crippen molar-refractivity contribution in [3.63, 3.8) is 0 Å². The first kappa shape index (κ1) is 17.8. The van der Waals surface area contributed by atoms with Gasteiger partial charge in [0, 0.05) is 32.4 Å². The van der Waals surface area contributed by atoms with Crippen molar-refractivity contribution >= 4 is 11.7 Å². The van der Waals surface area contributed by atoms with Crippen LogP contribution in [-0.2, 0) is 17.9 Å². The first-order valence-electron chi connectivity index (χ1n) is 9.84. The zero-order valence-corrected chi connectivity index (χ0v) is 16.0. The Labute approximate surface area is 168 Å². The Morgan fingerprint density at radius 2 is 1.79 bits per heavy atom. The zero-order chi connectivity index (χ0) is 19.6. The standard InChI is InChI=1S/C21H22N6O2/c28-21(26-12-10-25(11-13-26)19-8-4-5-9-22-19)20-17-15-29-18(14-27(17)24-23-20)16-6-2-1-3-7-16/h1-9,18H,10-15H2. The van der Waals surface area contributed by atoms with E-state index in [1.54, 1.807) is 10.9 Å². The lowest BCUT2D eigenvalue weighted by Gasteiger charge is -2.35. The first-order valence-corrected chi connectivity index (χ1v) is 9.84. The van der Waals surface area contributed by atoms with E-state index in [-0.39, 0.29) is 12.0 Å². The topological polar surface area (TPSA) is 76.4 Å². The van der Waals surface area contributed by atoms with E-state index in [9.17, 15) is 4.79 Å². The van der Waals surface area contributed by atoms with Gasteiger partial charge in [0.25, 0.3) is 5.91 Å². The van der Waals surface area contributed by atoms with Crippen molar-refractivity contribution in [1.29, 1.82) is 0 Å². The molecule has 0 aliphatic carbocycles. The Bertz CT molecular complexity index is 983. The average Bonchev–Trinajstić information content (AvgIpc) is 3.23. The Hall–Kier alpha value is -3.26. The number of pyridine rings is 1. The number of hydrogen-bond donors (Lipinski definition) is 0. The van der Waals surface area contributed by atoms with Crippen molar-refractivity contribution < 1.29 is 9.53 Å². The molecule has 148 valence electrons. The minimum absolute atomic E-state index is 0.0738. The third kappa shape index (κ3) is 3.47. The van der Waals surface area contributed by atoms with Crippen LogP contribution in [0.25, 0.3) is 0 Å². The Morgan fingerprint density at radius 3 is 2.55 bits per heavy atom. The lowest BCUT2D eigenvalue weighted by molar-refractivity contribution is -0.00196. The van der Waals surface area contributed by atoms with Crippen LogP contribution in [0.15, 0.2) is 54.7 Å². The summed E-state index contributed by atoms with van der Waals surface area (Å²) in [6.07, 6.45) is 1.72. The molecule has 5 rings (SSSR count). The maximum absolute atomic E-state index is 13.0. The molecule has 1 atom stereocenters. The lowest BCUT2D eigenvalue weighted by atomic mass is 10.1. The number of rotatable bonds is 3. The minimum Gasteiger partial charge on any atom is -0.365 e. The van der Waals surface area contributed by atoms with Crippen LogP contribution in [0, 0.1) is 0 Å². The van der Waals surface area contributed by atoms with Crippen molar-refractivity contribution in [3.8, 4) is 0 Å². The summed E-state index contributed by atoms with van der Waals surface area (Å²) in [5, 5.41) is 8.42. The van der Waals surface area contributed by atoms with Gasteiger partial charge in [0.05, 0.1) is 18.8 Å². The number of hydrogen-bond acceptors (Lipinski definition) is 6. The molecule has 2 aliphatic heterocycles. The largest absolute Gasteiger partial charge is 0.365 e. The molecule has 0 spiro atoms. The van der Waals surface area contributed by atoms with Crippen LogP contribution >= 0.6 is 0 Å². The van der Waals surface area contributed by atoms with Gasteiger partial charge >= 0.3 is 0 Å². The normalized spacial score (nSPS) is 19.1. The quantitative estimate of drug-likeness (QED) is 0.680. The molecule has 8 heteroatoms. The number of carbonyl (C=O) groups is 1. The number of ether oxygens (including phenoxy) is 1. The number of carbonyl (C=O) groups excluding carboxylic acids is 1. The van der Waals surface area contributed by atoms with Crippen molar-refractivity contribution in [3.05, 3.63) is 71.7 Å². The lowest BCUT2D eigenvalue weighted by Crippen LogP contribution is -2.49. The number of anilines is 1. The monoisotopic (exact) mass is 390 g/mol. The fraction of sp³-hybridized carbons (Fsp3) is 0.333. The smallest absolute Gasteiger partial charge is 0.276 e. The Morgan fingerprint density at radius 1 is 1.00 bits per heavy atom. The SMILES string of the molecule is O=C(c1nnn2c1COC(c1ccccc1)C2)N1CCN(c2ccccn2)CC1. The van der Waals surface area contributed by atoms with Crippen LogP contribution in [0.2, 0.25) is 0 Å². The summed E-state index contributed by atoms with van der Waals surface area (Å²) in [7, 11) is 0.